The third kappa shape index (κ3) is 3.57. The second kappa shape index (κ2) is 8.97. The first-order valence-corrected chi connectivity index (χ1v) is 14.2. The molecule has 6 aromatic carbocycles. The summed E-state index contributed by atoms with van der Waals surface area (Å²) in [7, 11) is 0. The Morgan fingerprint density at radius 2 is 1.12 bits per heavy atom. The summed E-state index contributed by atoms with van der Waals surface area (Å²) in [6.07, 6.45) is 0. The molecule has 7 aromatic rings. The van der Waals surface area contributed by atoms with Crippen LogP contribution in [-0.2, 0) is 5.41 Å². The molecule has 0 fully saturated rings. The van der Waals surface area contributed by atoms with Crippen molar-refractivity contribution in [1.82, 2.24) is 0 Å². The number of rotatable bonds is 4. The normalized spacial score (nSPS) is 13.3. The SMILES string of the molecule is CC1(C)c2ccc(N(c3ccccc3)c3ccccc3)cc2-c2c1cc1oc3ccccc3c1c2-c1ccccc1. The first-order chi connectivity index (χ1) is 20.1. The minimum atomic E-state index is -0.176. The van der Waals surface area contributed by atoms with Crippen molar-refractivity contribution in [3.8, 4) is 22.3 Å². The topological polar surface area (TPSA) is 16.4 Å². The van der Waals surface area contributed by atoms with Crippen molar-refractivity contribution < 1.29 is 4.42 Å². The Bertz CT molecular complexity index is 2010. The van der Waals surface area contributed by atoms with Crippen molar-refractivity contribution in [2.45, 2.75) is 19.3 Å². The van der Waals surface area contributed by atoms with Crippen LogP contribution < -0.4 is 4.90 Å². The molecular weight excluding hydrogens is 498 g/mol. The first kappa shape index (κ1) is 23.8. The van der Waals surface area contributed by atoms with E-state index in [1.165, 1.54) is 38.8 Å². The van der Waals surface area contributed by atoms with Gasteiger partial charge in [-0.3, -0.25) is 0 Å². The average molecular weight is 528 g/mol. The summed E-state index contributed by atoms with van der Waals surface area (Å²) < 4.78 is 6.50. The third-order valence-corrected chi connectivity index (χ3v) is 8.64. The second-order valence-corrected chi connectivity index (χ2v) is 11.4. The van der Waals surface area contributed by atoms with Gasteiger partial charge in [-0.25, -0.2) is 0 Å². The van der Waals surface area contributed by atoms with Gasteiger partial charge in [-0.1, -0.05) is 105 Å². The zero-order valence-corrected chi connectivity index (χ0v) is 23.1. The number of fused-ring (bicyclic) bond motifs is 6. The fraction of sp³-hybridized carbons (Fsp3) is 0.0769. The monoisotopic (exact) mass is 527 g/mol. The average Bonchev–Trinajstić information content (AvgIpc) is 3.50. The number of hydrogen-bond acceptors (Lipinski definition) is 2. The van der Waals surface area contributed by atoms with Gasteiger partial charge in [-0.15, -0.1) is 0 Å². The Balaban J connectivity index is 1.46. The zero-order chi connectivity index (χ0) is 27.6. The smallest absolute Gasteiger partial charge is 0.136 e. The van der Waals surface area contributed by atoms with Gasteiger partial charge >= 0.3 is 0 Å². The quantitative estimate of drug-likeness (QED) is 0.226. The van der Waals surface area contributed by atoms with Crippen LogP contribution in [0.25, 0.3) is 44.2 Å². The number of furan rings is 1. The van der Waals surface area contributed by atoms with Gasteiger partial charge in [0.2, 0.25) is 0 Å². The van der Waals surface area contributed by atoms with Gasteiger partial charge in [0.25, 0.3) is 0 Å². The highest BCUT2D eigenvalue weighted by molar-refractivity contribution is 6.17. The minimum absolute atomic E-state index is 0.176. The lowest BCUT2D eigenvalue weighted by atomic mass is 9.81. The molecule has 0 radical (unpaired) electrons. The van der Waals surface area contributed by atoms with Crippen LogP contribution >= 0.6 is 0 Å². The fourth-order valence-corrected chi connectivity index (χ4v) is 6.72. The molecule has 0 saturated heterocycles. The van der Waals surface area contributed by atoms with E-state index in [0.29, 0.717) is 0 Å². The van der Waals surface area contributed by atoms with Crippen LogP contribution in [0.5, 0.6) is 0 Å². The predicted molar refractivity (Wildman–Crippen MR) is 171 cm³/mol. The molecule has 0 saturated carbocycles. The summed E-state index contributed by atoms with van der Waals surface area (Å²) in [5.74, 6) is 0. The highest BCUT2D eigenvalue weighted by Gasteiger charge is 2.39. The molecular formula is C39H29NO. The van der Waals surface area contributed by atoms with Crippen LogP contribution in [0, 0.1) is 0 Å². The maximum atomic E-state index is 6.50. The Kier molecular flexibility index (Phi) is 5.20. The van der Waals surface area contributed by atoms with Gasteiger partial charge in [-0.05, 0) is 76.3 Å². The molecule has 0 atom stereocenters. The molecule has 1 heterocycles. The van der Waals surface area contributed by atoms with Crippen molar-refractivity contribution in [3.05, 3.63) is 151 Å². The van der Waals surface area contributed by atoms with Gasteiger partial charge in [0.15, 0.2) is 0 Å². The summed E-state index contributed by atoms with van der Waals surface area (Å²) in [6, 6.07) is 49.8. The Hall–Kier alpha value is -5.08. The van der Waals surface area contributed by atoms with Gasteiger partial charge in [0.1, 0.15) is 11.2 Å². The van der Waals surface area contributed by atoms with E-state index in [2.05, 4.69) is 152 Å². The fourth-order valence-electron chi connectivity index (χ4n) is 6.72. The van der Waals surface area contributed by atoms with Crippen molar-refractivity contribution >= 4 is 39.0 Å². The number of nitrogens with zero attached hydrogens (tertiary/aromatic N) is 1. The molecule has 0 aliphatic heterocycles. The van der Waals surface area contributed by atoms with E-state index in [9.17, 15) is 0 Å². The van der Waals surface area contributed by atoms with Gasteiger partial charge in [0.05, 0.1) is 0 Å². The number of benzene rings is 6. The summed E-state index contributed by atoms with van der Waals surface area (Å²) in [6.45, 7) is 4.68. The van der Waals surface area contributed by atoms with E-state index in [1.54, 1.807) is 0 Å². The molecule has 2 heteroatoms. The van der Waals surface area contributed by atoms with E-state index < -0.39 is 0 Å². The molecule has 1 aromatic heterocycles. The van der Waals surface area contributed by atoms with Crippen LogP contribution in [0.1, 0.15) is 25.0 Å². The van der Waals surface area contributed by atoms with E-state index >= 15 is 0 Å². The largest absolute Gasteiger partial charge is 0.456 e. The summed E-state index contributed by atoms with van der Waals surface area (Å²) in [4.78, 5) is 2.35. The predicted octanol–water partition coefficient (Wildman–Crippen LogP) is 11.0. The maximum absolute atomic E-state index is 6.50. The van der Waals surface area contributed by atoms with E-state index in [4.69, 9.17) is 4.42 Å². The summed E-state index contributed by atoms with van der Waals surface area (Å²) >= 11 is 0. The molecule has 0 amide bonds. The molecule has 0 unspecified atom stereocenters. The number of para-hydroxylation sites is 3. The molecule has 1 aliphatic carbocycles. The number of anilines is 3. The molecule has 0 spiro atoms. The first-order valence-electron chi connectivity index (χ1n) is 14.2. The van der Waals surface area contributed by atoms with Crippen LogP contribution in [0.2, 0.25) is 0 Å². The van der Waals surface area contributed by atoms with Crippen molar-refractivity contribution in [2.24, 2.45) is 0 Å². The molecule has 8 rings (SSSR count). The van der Waals surface area contributed by atoms with Crippen LogP contribution in [0.4, 0.5) is 17.1 Å². The lowest BCUT2D eigenvalue weighted by Crippen LogP contribution is -2.15. The Labute approximate surface area is 240 Å². The second-order valence-electron chi connectivity index (χ2n) is 11.4. The molecule has 196 valence electrons. The van der Waals surface area contributed by atoms with Crippen molar-refractivity contribution in [1.29, 1.82) is 0 Å². The minimum Gasteiger partial charge on any atom is -0.456 e. The van der Waals surface area contributed by atoms with E-state index in [0.717, 1.165) is 33.6 Å². The Morgan fingerprint density at radius 1 is 0.512 bits per heavy atom. The van der Waals surface area contributed by atoms with Gasteiger partial charge in [0, 0.05) is 38.8 Å². The van der Waals surface area contributed by atoms with Crippen LogP contribution in [0.3, 0.4) is 0 Å². The lowest BCUT2D eigenvalue weighted by Gasteiger charge is -2.27. The number of hydrogen-bond donors (Lipinski definition) is 0. The van der Waals surface area contributed by atoms with Gasteiger partial charge in [-0.2, -0.15) is 0 Å². The summed E-state index contributed by atoms with van der Waals surface area (Å²) in [5, 5.41) is 2.34. The van der Waals surface area contributed by atoms with Crippen molar-refractivity contribution in [3.63, 3.8) is 0 Å². The standard InChI is InChI=1S/C39H29NO/c1-39(2)32-23-22-29(40(27-16-8-4-9-17-27)28-18-10-5-11-19-28)24-31(32)37-33(39)25-35-38(30-20-12-13-21-34(30)41-35)36(37)26-14-6-3-7-15-26/h3-25H,1-2H3. The van der Waals surface area contributed by atoms with Crippen molar-refractivity contribution in [2.75, 3.05) is 4.90 Å². The lowest BCUT2D eigenvalue weighted by molar-refractivity contribution is 0.647. The molecule has 0 bridgehead atoms. The molecule has 2 nitrogen and oxygen atoms in total. The molecule has 41 heavy (non-hydrogen) atoms. The summed E-state index contributed by atoms with van der Waals surface area (Å²) in [5.41, 5.74) is 12.8. The van der Waals surface area contributed by atoms with Crippen LogP contribution in [-0.4, -0.2) is 0 Å². The van der Waals surface area contributed by atoms with Gasteiger partial charge < -0.3 is 9.32 Å². The maximum Gasteiger partial charge on any atom is 0.136 e. The third-order valence-electron chi connectivity index (χ3n) is 8.64. The zero-order valence-electron chi connectivity index (χ0n) is 23.1. The molecule has 1 aliphatic rings. The highest BCUT2D eigenvalue weighted by atomic mass is 16.3. The Morgan fingerprint density at radius 3 is 1.80 bits per heavy atom. The molecule has 0 N–H and O–H groups in total. The highest BCUT2D eigenvalue weighted by Crippen LogP contribution is 2.56. The van der Waals surface area contributed by atoms with E-state index in [-0.39, 0.29) is 5.41 Å². The van der Waals surface area contributed by atoms with Crippen LogP contribution in [0.15, 0.2) is 144 Å². The van der Waals surface area contributed by atoms with E-state index in [1.807, 2.05) is 6.07 Å².